The Morgan fingerprint density at radius 3 is 2.09 bits per heavy atom. The number of halogens is 2. The van der Waals surface area contributed by atoms with E-state index >= 15 is 0 Å². The summed E-state index contributed by atoms with van der Waals surface area (Å²) < 4.78 is 55.3. The predicted molar refractivity (Wildman–Crippen MR) is 166 cm³/mol. The zero-order chi connectivity index (χ0) is 31.1. The van der Waals surface area contributed by atoms with Crippen molar-refractivity contribution in [3.05, 3.63) is 126 Å². The largest absolute Gasteiger partial charge is 0.324 e. The van der Waals surface area contributed by atoms with Gasteiger partial charge in [0.25, 0.3) is 0 Å². The van der Waals surface area contributed by atoms with E-state index in [4.69, 9.17) is 0 Å². The summed E-state index contributed by atoms with van der Waals surface area (Å²) in [6, 6.07) is 23.8. The first-order valence-electron chi connectivity index (χ1n) is 13.8. The van der Waals surface area contributed by atoms with Crippen molar-refractivity contribution in [2.24, 2.45) is 0 Å². The highest BCUT2D eigenvalue weighted by Crippen LogP contribution is 2.29. The third-order valence-corrected chi connectivity index (χ3v) is 8.82. The van der Waals surface area contributed by atoms with E-state index in [0.29, 0.717) is 37.3 Å². The van der Waals surface area contributed by atoms with Crippen LogP contribution in [0.25, 0.3) is 11.4 Å². The van der Waals surface area contributed by atoms with Crippen LogP contribution in [0.1, 0.15) is 29.2 Å². The van der Waals surface area contributed by atoms with Crippen LogP contribution in [0, 0.1) is 11.6 Å². The number of rotatable bonds is 11. The fourth-order valence-corrected chi connectivity index (χ4v) is 5.93. The maximum atomic E-state index is 13.7. The van der Waals surface area contributed by atoms with Crippen molar-refractivity contribution in [2.45, 2.75) is 23.7 Å². The van der Waals surface area contributed by atoms with Gasteiger partial charge >= 0.3 is 6.03 Å². The van der Waals surface area contributed by atoms with E-state index < -0.39 is 9.84 Å². The van der Waals surface area contributed by atoms with Gasteiger partial charge in [0.2, 0.25) is 5.13 Å². The molecule has 5 aromatic rings. The van der Waals surface area contributed by atoms with Gasteiger partial charge in [-0.2, -0.15) is 9.36 Å². The zero-order valence-corrected chi connectivity index (χ0v) is 25.4. The molecule has 44 heavy (non-hydrogen) atoms. The number of nitrogens with zero attached hydrogens (tertiary/aromatic N) is 4. The minimum atomic E-state index is -3.34. The van der Waals surface area contributed by atoms with Crippen LogP contribution < -0.4 is 5.32 Å². The number of carbonyl (C=O) groups excluding carboxylic acids is 1. The summed E-state index contributed by atoms with van der Waals surface area (Å²) in [5, 5.41) is 3.12. The van der Waals surface area contributed by atoms with Crippen molar-refractivity contribution >= 4 is 32.5 Å². The Balaban J connectivity index is 1.34. The molecule has 2 aromatic heterocycles. The monoisotopic (exact) mass is 633 g/mol. The van der Waals surface area contributed by atoms with E-state index in [1.165, 1.54) is 36.4 Å². The van der Waals surface area contributed by atoms with Gasteiger partial charge in [0.1, 0.15) is 11.6 Å². The number of hydrogen-bond donors (Lipinski definition) is 1. The standard InChI is InChI=1S/C32H29F2N5O3S2/c1-44(41,42)28-15-9-24(10-16-28)30-36-31(43-38-30)37-32(40)39(20-17-27-4-2-3-19-35-27)21-18-29(22-5-11-25(33)12-6-22)23-7-13-26(34)14-8-23/h2-16,19,29H,17-18,20-21H2,1H3,(H,36,37,38,40). The molecule has 0 saturated carbocycles. The molecule has 0 aliphatic carbocycles. The number of anilines is 1. The number of amides is 2. The zero-order valence-electron chi connectivity index (χ0n) is 23.7. The molecule has 1 N–H and O–H groups in total. The Morgan fingerprint density at radius 1 is 0.886 bits per heavy atom. The van der Waals surface area contributed by atoms with Crippen molar-refractivity contribution in [1.82, 2.24) is 19.2 Å². The van der Waals surface area contributed by atoms with E-state index in [1.54, 1.807) is 47.5 Å². The number of aromatic nitrogens is 3. The fourth-order valence-electron chi connectivity index (χ4n) is 4.72. The summed E-state index contributed by atoms with van der Waals surface area (Å²) in [5.74, 6) is -0.570. The number of benzene rings is 3. The van der Waals surface area contributed by atoms with Crippen molar-refractivity contribution in [3.8, 4) is 11.4 Å². The van der Waals surface area contributed by atoms with E-state index in [2.05, 4.69) is 19.7 Å². The summed E-state index contributed by atoms with van der Waals surface area (Å²) in [4.78, 5) is 24.2. The first-order valence-corrected chi connectivity index (χ1v) is 16.4. The minimum absolute atomic E-state index is 0.188. The highest BCUT2D eigenvalue weighted by atomic mass is 32.2. The number of hydrogen-bond acceptors (Lipinski definition) is 7. The van der Waals surface area contributed by atoms with E-state index in [9.17, 15) is 22.0 Å². The smallest absolute Gasteiger partial charge is 0.323 e. The van der Waals surface area contributed by atoms with E-state index in [1.807, 2.05) is 18.2 Å². The lowest BCUT2D eigenvalue weighted by Crippen LogP contribution is -2.38. The lowest BCUT2D eigenvalue weighted by atomic mass is 9.88. The minimum Gasteiger partial charge on any atom is -0.324 e. The summed E-state index contributed by atoms with van der Waals surface area (Å²) in [7, 11) is -3.34. The van der Waals surface area contributed by atoms with Crippen LogP contribution in [0.3, 0.4) is 0 Å². The SMILES string of the molecule is CS(=O)(=O)c1ccc(-c2nsc(NC(=O)N(CCc3ccccn3)CCC(c3ccc(F)cc3)c3ccc(F)cc3)n2)cc1. The number of urea groups is 1. The molecule has 0 radical (unpaired) electrons. The summed E-state index contributed by atoms with van der Waals surface area (Å²) in [6.07, 6.45) is 3.84. The Bertz CT molecular complexity index is 1750. The maximum absolute atomic E-state index is 13.7. The fraction of sp³-hybridized carbons (Fsp3) is 0.188. The molecule has 3 aromatic carbocycles. The highest BCUT2D eigenvalue weighted by molar-refractivity contribution is 7.90. The van der Waals surface area contributed by atoms with Gasteiger partial charge in [0, 0.05) is 60.7 Å². The normalized spacial score (nSPS) is 11.5. The molecule has 8 nitrogen and oxygen atoms in total. The molecule has 0 atom stereocenters. The summed E-state index contributed by atoms with van der Waals surface area (Å²) >= 11 is 1.01. The van der Waals surface area contributed by atoms with Crippen molar-refractivity contribution in [1.29, 1.82) is 0 Å². The molecule has 0 saturated heterocycles. The molecule has 0 bridgehead atoms. The number of sulfone groups is 1. The van der Waals surface area contributed by atoms with Crippen LogP contribution >= 0.6 is 11.5 Å². The van der Waals surface area contributed by atoms with Gasteiger partial charge in [-0.3, -0.25) is 10.3 Å². The predicted octanol–water partition coefficient (Wildman–Crippen LogP) is 6.58. The second-order valence-corrected chi connectivity index (χ2v) is 12.9. The first-order chi connectivity index (χ1) is 21.2. The molecule has 0 aliphatic heterocycles. The molecule has 0 fully saturated rings. The topological polar surface area (TPSA) is 105 Å². The molecule has 2 amide bonds. The lowest BCUT2D eigenvalue weighted by molar-refractivity contribution is 0.210. The van der Waals surface area contributed by atoms with Crippen LogP contribution in [0.4, 0.5) is 18.7 Å². The molecule has 12 heteroatoms. The Kier molecular flexibility index (Phi) is 9.71. The van der Waals surface area contributed by atoms with Crippen LogP contribution in [0.2, 0.25) is 0 Å². The van der Waals surface area contributed by atoms with Gasteiger partial charge in [0.15, 0.2) is 15.7 Å². The van der Waals surface area contributed by atoms with Crippen LogP contribution in [0.5, 0.6) is 0 Å². The van der Waals surface area contributed by atoms with Gasteiger partial charge in [-0.15, -0.1) is 0 Å². The Morgan fingerprint density at radius 2 is 1.52 bits per heavy atom. The van der Waals surface area contributed by atoms with Gasteiger partial charge in [-0.25, -0.2) is 22.0 Å². The van der Waals surface area contributed by atoms with Gasteiger partial charge in [-0.1, -0.05) is 30.3 Å². The van der Waals surface area contributed by atoms with Gasteiger partial charge in [0.05, 0.1) is 4.90 Å². The Labute approximate surface area is 258 Å². The molecule has 5 rings (SSSR count). The highest BCUT2D eigenvalue weighted by Gasteiger charge is 2.21. The third kappa shape index (κ3) is 8.08. The maximum Gasteiger partial charge on any atom is 0.323 e. The van der Waals surface area contributed by atoms with E-state index in [-0.39, 0.29) is 33.6 Å². The van der Waals surface area contributed by atoms with Crippen LogP contribution in [0.15, 0.2) is 102 Å². The Hall–Kier alpha value is -4.55. The van der Waals surface area contributed by atoms with Crippen molar-refractivity contribution in [3.63, 3.8) is 0 Å². The summed E-state index contributed by atoms with van der Waals surface area (Å²) in [6.45, 7) is 0.692. The van der Waals surface area contributed by atoms with Crippen molar-refractivity contribution < 1.29 is 22.0 Å². The quantitative estimate of drug-likeness (QED) is 0.176. The lowest BCUT2D eigenvalue weighted by Gasteiger charge is -2.26. The average Bonchev–Trinajstić information content (AvgIpc) is 3.49. The molecule has 0 unspecified atom stereocenters. The molecule has 0 spiro atoms. The molecule has 226 valence electrons. The molecular weight excluding hydrogens is 605 g/mol. The third-order valence-electron chi connectivity index (χ3n) is 7.06. The molecule has 2 heterocycles. The van der Waals surface area contributed by atoms with Gasteiger partial charge in [-0.05, 0) is 78.2 Å². The molecule has 0 aliphatic rings. The number of nitrogens with one attached hydrogen (secondary N) is 1. The van der Waals surface area contributed by atoms with Crippen LogP contribution in [-0.4, -0.2) is 53.0 Å². The van der Waals surface area contributed by atoms with Gasteiger partial charge < -0.3 is 4.90 Å². The second kappa shape index (κ2) is 13.8. The number of carbonyl (C=O) groups is 1. The van der Waals surface area contributed by atoms with Crippen LogP contribution in [-0.2, 0) is 16.3 Å². The van der Waals surface area contributed by atoms with E-state index in [0.717, 1.165) is 34.6 Å². The first kappa shape index (κ1) is 30.9. The second-order valence-electron chi connectivity index (χ2n) is 10.2. The average molecular weight is 634 g/mol. The number of pyridine rings is 1. The molecular formula is C32H29F2N5O3S2. The van der Waals surface area contributed by atoms with Crippen molar-refractivity contribution in [2.75, 3.05) is 24.7 Å². The summed E-state index contributed by atoms with van der Waals surface area (Å²) in [5.41, 5.74) is 3.13.